The summed E-state index contributed by atoms with van der Waals surface area (Å²) in [6.45, 7) is 7.86. The summed E-state index contributed by atoms with van der Waals surface area (Å²) >= 11 is 0. The van der Waals surface area contributed by atoms with E-state index in [2.05, 4.69) is 52.7 Å². The predicted octanol–water partition coefficient (Wildman–Crippen LogP) is 3.62. The van der Waals surface area contributed by atoms with Crippen LogP contribution in [0.3, 0.4) is 0 Å². The standard InChI is InChI=1S/C24H27N7/c1-16(2)22-23(18-9-5-4-8-17(18)3)31(24(26)28-15-25)13-12-30(22)21-14-27-19-10-6-7-11-20(19)29-21/h4-11,14,16,22-23H,12-13H2,1-3H3,(H2,26,28). The molecule has 1 saturated heterocycles. The van der Waals surface area contributed by atoms with Gasteiger partial charge in [-0.1, -0.05) is 50.2 Å². The highest BCUT2D eigenvalue weighted by atomic mass is 15.4. The second-order valence-corrected chi connectivity index (χ2v) is 8.21. The van der Waals surface area contributed by atoms with Gasteiger partial charge in [0.1, 0.15) is 5.82 Å². The number of aryl methyl sites for hydroxylation is 1. The summed E-state index contributed by atoms with van der Waals surface area (Å²) < 4.78 is 0. The molecule has 2 unspecified atom stereocenters. The molecule has 1 aromatic heterocycles. The first-order valence-electron chi connectivity index (χ1n) is 10.5. The second kappa shape index (κ2) is 8.60. The van der Waals surface area contributed by atoms with Gasteiger partial charge in [-0.2, -0.15) is 5.26 Å². The lowest BCUT2D eigenvalue weighted by Gasteiger charge is -2.50. The summed E-state index contributed by atoms with van der Waals surface area (Å²) in [5.74, 6) is 1.40. The average Bonchev–Trinajstić information content (AvgIpc) is 2.78. The van der Waals surface area contributed by atoms with Gasteiger partial charge in [-0.15, -0.1) is 4.99 Å². The highest BCUT2D eigenvalue weighted by Gasteiger charge is 2.41. The molecule has 158 valence electrons. The molecule has 1 aliphatic rings. The molecule has 0 saturated carbocycles. The summed E-state index contributed by atoms with van der Waals surface area (Å²) in [7, 11) is 0. The van der Waals surface area contributed by atoms with Gasteiger partial charge >= 0.3 is 0 Å². The summed E-state index contributed by atoms with van der Waals surface area (Å²) in [4.78, 5) is 17.8. The number of anilines is 1. The molecule has 1 aliphatic heterocycles. The van der Waals surface area contributed by atoms with E-state index in [4.69, 9.17) is 16.0 Å². The number of nitrogens with zero attached hydrogens (tertiary/aromatic N) is 6. The third kappa shape index (κ3) is 3.89. The van der Waals surface area contributed by atoms with Crippen LogP contribution >= 0.6 is 0 Å². The predicted molar refractivity (Wildman–Crippen MR) is 123 cm³/mol. The van der Waals surface area contributed by atoms with Gasteiger partial charge in [-0.3, -0.25) is 4.98 Å². The molecule has 3 aromatic rings. The molecule has 1 fully saturated rings. The van der Waals surface area contributed by atoms with Crippen molar-refractivity contribution in [3.05, 3.63) is 65.9 Å². The number of guanidine groups is 1. The number of para-hydroxylation sites is 2. The zero-order chi connectivity index (χ0) is 22.0. The Bertz CT molecular complexity index is 1150. The van der Waals surface area contributed by atoms with E-state index in [9.17, 15) is 0 Å². The Kier molecular flexibility index (Phi) is 5.72. The SMILES string of the molecule is Cc1ccccc1C1C(C(C)C)N(c2cnc3ccccc3n2)CCN1C(N)=NC#N. The Morgan fingerprint density at radius 2 is 1.84 bits per heavy atom. The fraction of sp³-hybridized carbons (Fsp3) is 0.333. The fourth-order valence-corrected chi connectivity index (χ4v) is 4.58. The van der Waals surface area contributed by atoms with Crippen LogP contribution in [-0.2, 0) is 0 Å². The van der Waals surface area contributed by atoms with Crippen molar-refractivity contribution in [3.63, 3.8) is 0 Å². The summed E-state index contributed by atoms with van der Waals surface area (Å²) in [6, 6.07) is 16.2. The van der Waals surface area contributed by atoms with Gasteiger partial charge in [0.15, 0.2) is 0 Å². The van der Waals surface area contributed by atoms with Crippen molar-refractivity contribution in [2.24, 2.45) is 16.6 Å². The molecule has 2 aromatic carbocycles. The van der Waals surface area contributed by atoms with E-state index < -0.39 is 0 Å². The molecular formula is C24H27N7. The molecule has 7 heteroatoms. The Morgan fingerprint density at radius 1 is 1.13 bits per heavy atom. The monoisotopic (exact) mass is 413 g/mol. The van der Waals surface area contributed by atoms with Gasteiger partial charge in [-0.05, 0) is 36.1 Å². The number of aliphatic imine (C=N–C) groups is 1. The number of aromatic nitrogens is 2. The maximum atomic E-state index is 9.11. The molecule has 4 rings (SSSR count). The van der Waals surface area contributed by atoms with Crippen molar-refractivity contribution in [2.45, 2.75) is 32.9 Å². The van der Waals surface area contributed by atoms with E-state index in [1.165, 1.54) is 11.1 Å². The van der Waals surface area contributed by atoms with Crippen LogP contribution in [0, 0.1) is 24.3 Å². The molecule has 2 atom stereocenters. The molecule has 0 bridgehead atoms. The number of nitriles is 1. The van der Waals surface area contributed by atoms with Crippen LogP contribution in [0.5, 0.6) is 0 Å². The Labute approximate surface area is 182 Å². The van der Waals surface area contributed by atoms with E-state index in [1.807, 2.05) is 48.8 Å². The second-order valence-electron chi connectivity index (χ2n) is 8.21. The maximum Gasteiger partial charge on any atom is 0.209 e. The summed E-state index contributed by atoms with van der Waals surface area (Å²) in [6.07, 6.45) is 3.70. The summed E-state index contributed by atoms with van der Waals surface area (Å²) in [5, 5.41) is 9.11. The molecular weight excluding hydrogens is 386 g/mol. The largest absolute Gasteiger partial charge is 0.369 e. The average molecular weight is 414 g/mol. The van der Waals surface area contributed by atoms with E-state index in [-0.39, 0.29) is 24.0 Å². The van der Waals surface area contributed by atoms with Crippen LogP contribution in [0.4, 0.5) is 5.82 Å². The maximum absolute atomic E-state index is 9.11. The third-order valence-electron chi connectivity index (χ3n) is 5.98. The lowest BCUT2D eigenvalue weighted by molar-refractivity contribution is 0.191. The van der Waals surface area contributed by atoms with Crippen molar-refractivity contribution >= 4 is 22.8 Å². The number of fused-ring (bicyclic) bond motifs is 1. The number of nitrogens with two attached hydrogens (primary N) is 1. The van der Waals surface area contributed by atoms with E-state index in [0.717, 1.165) is 16.9 Å². The van der Waals surface area contributed by atoms with Crippen LogP contribution in [0.15, 0.2) is 59.7 Å². The first kappa shape index (κ1) is 20.6. The van der Waals surface area contributed by atoms with Crippen LogP contribution in [0.2, 0.25) is 0 Å². The quantitative estimate of drug-likeness (QED) is 0.400. The number of hydrogen-bond acceptors (Lipinski definition) is 5. The minimum Gasteiger partial charge on any atom is -0.369 e. The Hall–Kier alpha value is -3.66. The smallest absolute Gasteiger partial charge is 0.209 e. The topological polar surface area (TPSA) is 94.4 Å². The highest BCUT2D eigenvalue weighted by Crippen LogP contribution is 2.38. The van der Waals surface area contributed by atoms with Gasteiger partial charge in [0.05, 0.1) is 29.3 Å². The highest BCUT2D eigenvalue weighted by molar-refractivity contribution is 5.80. The third-order valence-corrected chi connectivity index (χ3v) is 5.98. The molecule has 2 heterocycles. The van der Waals surface area contributed by atoms with Gasteiger partial charge in [0.25, 0.3) is 0 Å². The van der Waals surface area contributed by atoms with Crippen molar-refractivity contribution < 1.29 is 0 Å². The Morgan fingerprint density at radius 3 is 2.55 bits per heavy atom. The van der Waals surface area contributed by atoms with Crippen LogP contribution in [0.25, 0.3) is 11.0 Å². The lowest BCUT2D eigenvalue weighted by atomic mass is 9.85. The minimum atomic E-state index is -0.0691. The lowest BCUT2D eigenvalue weighted by Crippen LogP contribution is -2.60. The molecule has 7 nitrogen and oxygen atoms in total. The van der Waals surface area contributed by atoms with Gasteiger partial charge in [0.2, 0.25) is 12.2 Å². The van der Waals surface area contributed by atoms with E-state index in [1.54, 1.807) is 0 Å². The Balaban J connectivity index is 1.84. The number of hydrogen-bond donors (Lipinski definition) is 1. The first-order chi connectivity index (χ1) is 15.0. The van der Waals surface area contributed by atoms with Crippen LogP contribution < -0.4 is 10.6 Å². The minimum absolute atomic E-state index is 0.0674. The van der Waals surface area contributed by atoms with Crippen LogP contribution in [-0.4, -0.2) is 40.0 Å². The van der Waals surface area contributed by atoms with Crippen molar-refractivity contribution in [3.8, 4) is 6.19 Å². The van der Waals surface area contributed by atoms with Crippen molar-refractivity contribution in [2.75, 3.05) is 18.0 Å². The zero-order valence-electron chi connectivity index (χ0n) is 18.1. The zero-order valence-corrected chi connectivity index (χ0v) is 18.1. The molecule has 0 amide bonds. The van der Waals surface area contributed by atoms with Crippen molar-refractivity contribution in [1.29, 1.82) is 5.26 Å². The first-order valence-corrected chi connectivity index (χ1v) is 10.5. The molecule has 0 aliphatic carbocycles. The fourth-order valence-electron chi connectivity index (χ4n) is 4.58. The van der Waals surface area contributed by atoms with E-state index >= 15 is 0 Å². The number of piperazine rings is 1. The molecule has 0 spiro atoms. The van der Waals surface area contributed by atoms with Crippen LogP contribution in [0.1, 0.15) is 31.0 Å². The molecule has 2 N–H and O–H groups in total. The van der Waals surface area contributed by atoms with Crippen molar-refractivity contribution in [1.82, 2.24) is 14.9 Å². The molecule has 0 radical (unpaired) electrons. The van der Waals surface area contributed by atoms with E-state index in [0.29, 0.717) is 13.1 Å². The summed E-state index contributed by atoms with van der Waals surface area (Å²) in [5.41, 5.74) is 10.4. The normalized spacial score (nSPS) is 19.6. The van der Waals surface area contributed by atoms with Gasteiger partial charge < -0.3 is 15.5 Å². The van der Waals surface area contributed by atoms with Gasteiger partial charge in [-0.25, -0.2) is 4.98 Å². The number of benzene rings is 2. The number of rotatable bonds is 3. The molecule has 31 heavy (non-hydrogen) atoms. The van der Waals surface area contributed by atoms with Gasteiger partial charge in [0, 0.05) is 13.1 Å².